The summed E-state index contributed by atoms with van der Waals surface area (Å²) >= 11 is 3.53. The van der Waals surface area contributed by atoms with E-state index in [0.29, 0.717) is 17.3 Å². The number of aryl methyl sites for hydroxylation is 1. The van der Waals surface area contributed by atoms with E-state index in [9.17, 15) is 9.59 Å². The molecule has 5 nitrogen and oxygen atoms in total. The van der Waals surface area contributed by atoms with Crippen LogP contribution in [0.15, 0.2) is 58.4 Å². The molecule has 4 atom stereocenters. The van der Waals surface area contributed by atoms with Crippen LogP contribution in [0.4, 0.5) is 5.82 Å². The van der Waals surface area contributed by atoms with E-state index in [-0.39, 0.29) is 29.5 Å². The second kappa shape index (κ2) is 7.34. The molecule has 0 N–H and O–H groups in total. The molecular weight excluding hydrogens is 444 g/mol. The van der Waals surface area contributed by atoms with Crippen LogP contribution in [0.1, 0.15) is 43.4 Å². The van der Waals surface area contributed by atoms with E-state index in [0.717, 1.165) is 34.9 Å². The average Bonchev–Trinajstić information content (AvgIpc) is 3.01. The summed E-state index contributed by atoms with van der Waals surface area (Å²) in [5.41, 5.74) is 2.35. The Morgan fingerprint density at radius 1 is 1.17 bits per heavy atom. The van der Waals surface area contributed by atoms with Gasteiger partial charge in [-0.3, -0.25) is 14.5 Å². The van der Waals surface area contributed by atoms with Crippen LogP contribution in [0, 0.1) is 18.8 Å². The van der Waals surface area contributed by atoms with Gasteiger partial charge in [0.25, 0.3) is 5.91 Å². The molecule has 0 bridgehead atoms. The number of hydrogen-bond acceptors (Lipinski definition) is 4. The summed E-state index contributed by atoms with van der Waals surface area (Å²) in [6.45, 7) is 4.15. The van der Waals surface area contributed by atoms with E-state index in [2.05, 4.69) is 27.8 Å². The van der Waals surface area contributed by atoms with E-state index in [1.165, 1.54) is 0 Å². The summed E-state index contributed by atoms with van der Waals surface area (Å²) < 4.78 is 7.13. The molecule has 1 aromatic heterocycles. The zero-order chi connectivity index (χ0) is 21.0. The van der Waals surface area contributed by atoms with Crippen LogP contribution < -0.4 is 4.90 Å². The Bertz CT molecular complexity index is 1080. The smallest absolute Gasteiger partial charge is 0.295 e. The normalized spacial score (nSPS) is 28.3. The number of nitrogens with zero attached hydrogens (tertiary/aromatic N) is 2. The van der Waals surface area contributed by atoms with Crippen molar-refractivity contribution >= 4 is 33.4 Å². The van der Waals surface area contributed by atoms with Gasteiger partial charge in [0, 0.05) is 10.7 Å². The van der Waals surface area contributed by atoms with Gasteiger partial charge in [0.05, 0.1) is 17.5 Å². The number of pyridine rings is 1. The molecule has 1 fully saturated rings. The molecule has 1 amide bonds. The molecule has 1 saturated carbocycles. The number of hydrogen-bond donors (Lipinski definition) is 0. The molecule has 2 aliphatic heterocycles. The summed E-state index contributed by atoms with van der Waals surface area (Å²) in [5, 5.41) is 0. The first-order valence-electron chi connectivity index (χ1n) is 10.4. The number of benzene rings is 1. The van der Waals surface area contributed by atoms with Gasteiger partial charge < -0.3 is 4.74 Å². The number of fused-ring (bicyclic) bond motifs is 1. The van der Waals surface area contributed by atoms with Crippen LogP contribution in [0.2, 0.25) is 0 Å². The molecule has 1 aliphatic carbocycles. The van der Waals surface area contributed by atoms with Crippen molar-refractivity contribution in [3.63, 3.8) is 0 Å². The summed E-state index contributed by atoms with van der Waals surface area (Å²) in [7, 11) is 0. The molecule has 30 heavy (non-hydrogen) atoms. The van der Waals surface area contributed by atoms with Gasteiger partial charge in [0.1, 0.15) is 11.9 Å². The summed E-state index contributed by atoms with van der Waals surface area (Å²) in [6.07, 6.45) is 4.12. The Kier molecular flexibility index (Phi) is 4.77. The number of Topliss-reactive ketones (excluding diaryl/α,β-unsaturated/α-hetero) is 1. The minimum Gasteiger partial charge on any atom is -0.483 e. The lowest BCUT2D eigenvalue weighted by atomic mass is 9.74. The molecule has 3 heterocycles. The lowest BCUT2D eigenvalue weighted by molar-refractivity contribution is -0.132. The number of carbonyl (C=O) groups is 2. The Morgan fingerprint density at radius 2 is 2.00 bits per heavy atom. The summed E-state index contributed by atoms with van der Waals surface area (Å²) in [6, 6.07) is 11.0. The third kappa shape index (κ3) is 3.09. The molecule has 2 aromatic rings. The molecule has 1 aromatic carbocycles. The maximum atomic E-state index is 13.7. The van der Waals surface area contributed by atoms with E-state index in [4.69, 9.17) is 4.74 Å². The number of ketones is 1. The fourth-order valence-corrected chi connectivity index (χ4v) is 5.37. The molecular formula is C24H23BrN2O3. The zero-order valence-corrected chi connectivity index (χ0v) is 18.6. The topological polar surface area (TPSA) is 59.5 Å². The predicted octanol–water partition coefficient (Wildman–Crippen LogP) is 4.90. The van der Waals surface area contributed by atoms with Crippen LogP contribution >= 0.6 is 15.9 Å². The Balaban J connectivity index is 1.66. The molecule has 0 saturated heterocycles. The lowest BCUT2D eigenvalue weighted by Crippen LogP contribution is -2.41. The monoisotopic (exact) mass is 466 g/mol. The average molecular weight is 467 g/mol. The molecule has 3 aliphatic rings. The molecule has 6 heteroatoms. The number of halogens is 1. The van der Waals surface area contributed by atoms with Crippen molar-refractivity contribution in [1.82, 2.24) is 4.98 Å². The van der Waals surface area contributed by atoms with Gasteiger partial charge in [-0.25, -0.2) is 4.98 Å². The minimum atomic E-state index is -0.537. The van der Waals surface area contributed by atoms with E-state index >= 15 is 0 Å². The molecule has 0 spiro atoms. The molecule has 0 radical (unpaired) electrons. The van der Waals surface area contributed by atoms with Gasteiger partial charge in [-0.2, -0.15) is 0 Å². The van der Waals surface area contributed by atoms with Crippen LogP contribution in [0.5, 0.6) is 0 Å². The van der Waals surface area contributed by atoms with Gasteiger partial charge in [-0.05, 0) is 67.5 Å². The lowest BCUT2D eigenvalue weighted by Gasteiger charge is -2.37. The van der Waals surface area contributed by atoms with Gasteiger partial charge in [-0.1, -0.05) is 35.0 Å². The Morgan fingerprint density at radius 3 is 2.77 bits per heavy atom. The van der Waals surface area contributed by atoms with Crippen LogP contribution in [-0.4, -0.2) is 22.8 Å². The molecule has 154 valence electrons. The number of anilines is 1. The zero-order valence-electron chi connectivity index (χ0n) is 17.0. The molecule has 5 rings (SSSR count). The number of amides is 1. The maximum absolute atomic E-state index is 13.7. The first kappa shape index (κ1) is 19.5. The highest BCUT2D eigenvalue weighted by Gasteiger charge is 2.53. The third-order valence-corrected chi connectivity index (χ3v) is 6.92. The highest BCUT2D eigenvalue weighted by atomic mass is 79.9. The second-order valence-corrected chi connectivity index (χ2v) is 9.53. The van der Waals surface area contributed by atoms with Crippen molar-refractivity contribution in [3.05, 3.63) is 69.5 Å². The number of carbonyl (C=O) groups excluding carboxylic acids is 2. The van der Waals surface area contributed by atoms with Gasteiger partial charge in [0.15, 0.2) is 11.5 Å². The van der Waals surface area contributed by atoms with Crippen LogP contribution in [0.25, 0.3) is 0 Å². The first-order valence-corrected chi connectivity index (χ1v) is 11.2. The molecule has 4 unspecified atom stereocenters. The second-order valence-electron chi connectivity index (χ2n) is 8.61. The largest absolute Gasteiger partial charge is 0.483 e. The number of aromatic nitrogens is 1. The number of rotatable bonds is 2. The van der Waals surface area contributed by atoms with Crippen molar-refractivity contribution in [2.45, 2.75) is 45.3 Å². The Labute approximate surface area is 184 Å². The van der Waals surface area contributed by atoms with Crippen molar-refractivity contribution in [2.24, 2.45) is 11.8 Å². The van der Waals surface area contributed by atoms with Gasteiger partial charge in [0.2, 0.25) is 0 Å². The quantitative estimate of drug-likeness (QED) is 0.631. The third-order valence-electron chi connectivity index (χ3n) is 6.42. The number of ether oxygens (including phenoxy) is 1. The van der Waals surface area contributed by atoms with Gasteiger partial charge in [-0.15, -0.1) is 0 Å². The standard InChI is InChI=1S/C24H23BrN2O3/c1-13-6-7-18-17(10-13)22(28)20-21(15-4-3-5-16(25)12-15)27(24(29)23(20)30-18)19-11-14(2)8-9-26-19/h3-5,8-9,11-13,17-18,21H,6-7,10H2,1-2H3. The first-order chi connectivity index (χ1) is 14.4. The Hall–Kier alpha value is -2.47. The van der Waals surface area contributed by atoms with E-state index in [1.807, 2.05) is 43.3 Å². The highest BCUT2D eigenvalue weighted by molar-refractivity contribution is 9.10. The fraction of sp³-hybridized carbons (Fsp3) is 0.375. The minimum absolute atomic E-state index is 0.0567. The highest BCUT2D eigenvalue weighted by Crippen LogP contribution is 2.48. The SMILES string of the molecule is Cc1ccnc(N2C(=O)C3=C(C(=O)C4CC(C)CCC4O3)C2c2cccc(Br)c2)c1. The van der Waals surface area contributed by atoms with E-state index in [1.54, 1.807) is 11.1 Å². The summed E-state index contributed by atoms with van der Waals surface area (Å²) in [5.74, 6) is 0.827. The van der Waals surface area contributed by atoms with E-state index < -0.39 is 6.04 Å². The van der Waals surface area contributed by atoms with Crippen molar-refractivity contribution in [1.29, 1.82) is 0 Å². The van der Waals surface area contributed by atoms with Crippen molar-refractivity contribution in [2.75, 3.05) is 4.90 Å². The maximum Gasteiger partial charge on any atom is 0.295 e. The summed E-state index contributed by atoms with van der Waals surface area (Å²) in [4.78, 5) is 33.3. The predicted molar refractivity (Wildman–Crippen MR) is 117 cm³/mol. The fourth-order valence-electron chi connectivity index (χ4n) is 4.96. The van der Waals surface area contributed by atoms with Crippen molar-refractivity contribution in [3.8, 4) is 0 Å². The van der Waals surface area contributed by atoms with Crippen LogP contribution in [-0.2, 0) is 14.3 Å². The van der Waals surface area contributed by atoms with Gasteiger partial charge >= 0.3 is 0 Å². The van der Waals surface area contributed by atoms with Crippen LogP contribution in [0.3, 0.4) is 0 Å². The van der Waals surface area contributed by atoms with Crippen molar-refractivity contribution < 1.29 is 14.3 Å².